The molecule has 0 radical (unpaired) electrons. The van der Waals surface area contributed by atoms with E-state index >= 15 is 0 Å². The molecule has 0 spiro atoms. The number of sulfonamides is 1. The van der Waals surface area contributed by atoms with Gasteiger partial charge in [-0.2, -0.15) is 0 Å². The molecule has 2 rings (SSSR count). The first-order valence-electron chi connectivity index (χ1n) is 6.48. The molecule has 1 saturated carbocycles. The molecule has 1 aliphatic carbocycles. The lowest BCUT2D eigenvalue weighted by atomic mass is 9.89. The molecule has 1 aliphatic rings. The van der Waals surface area contributed by atoms with Crippen molar-refractivity contribution in [2.75, 3.05) is 12.3 Å². The normalized spacial score (nSPS) is 18.4. The van der Waals surface area contributed by atoms with Crippen LogP contribution in [0.3, 0.4) is 0 Å². The van der Waals surface area contributed by atoms with E-state index in [2.05, 4.69) is 43.5 Å². The first-order chi connectivity index (χ1) is 9.23. The Bertz CT molecular complexity index is 588. The van der Waals surface area contributed by atoms with E-state index in [1.54, 1.807) is 12.1 Å². The highest BCUT2D eigenvalue weighted by atomic mass is 79.9. The zero-order chi connectivity index (χ0) is 15.0. The smallest absolute Gasteiger partial charge is 0.243 e. The molecule has 0 saturated heterocycles. The zero-order valence-corrected chi connectivity index (χ0v) is 15.2. The molecule has 112 valence electrons. The van der Waals surface area contributed by atoms with Gasteiger partial charge in [0.25, 0.3) is 0 Å². The molecule has 0 aliphatic heterocycles. The van der Waals surface area contributed by atoms with Crippen LogP contribution in [0.15, 0.2) is 26.0 Å². The summed E-state index contributed by atoms with van der Waals surface area (Å²) in [5, 5.41) is 0. The Morgan fingerprint density at radius 2 is 1.90 bits per heavy atom. The predicted molar refractivity (Wildman–Crippen MR) is 88.0 cm³/mol. The van der Waals surface area contributed by atoms with Gasteiger partial charge in [0.1, 0.15) is 4.90 Å². The number of nitrogen functional groups attached to an aromatic ring is 1. The molecule has 0 heterocycles. The molecule has 0 unspecified atom stereocenters. The van der Waals surface area contributed by atoms with Crippen molar-refractivity contribution in [2.24, 2.45) is 5.41 Å². The number of benzene rings is 1. The largest absolute Gasteiger partial charge is 0.398 e. The van der Waals surface area contributed by atoms with Crippen molar-refractivity contribution in [3.63, 3.8) is 0 Å². The van der Waals surface area contributed by atoms with E-state index in [4.69, 9.17) is 5.73 Å². The van der Waals surface area contributed by atoms with E-state index in [1.807, 2.05) is 0 Å². The van der Waals surface area contributed by atoms with Gasteiger partial charge in [0, 0.05) is 15.5 Å². The van der Waals surface area contributed by atoms with Crippen molar-refractivity contribution >= 4 is 47.6 Å². The second-order valence-electron chi connectivity index (χ2n) is 5.65. The van der Waals surface area contributed by atoms with Crippen LogP contribution >= 0.6 is 31.9 Å². The molecule has 20 heavy (non-hydrogen) atoms. The van der Waals surface area contributed by atoms with Gasteiger partial charge in [0.05, 0.1) is 5.69 Å². The average Bonchev–Trinajstić information content (AvgIpc) is 2.73. The number of halogens is 2. The lowest BCUT2D eigenvalue weighted by Gasteiger charge is -2.24. The average molecular weight is 426 g/mol. The summed E-state index contributed by atoms with van der Waals surface area (Å²) in [7, 11) is -3.61. The molecular weight excluding hydrogens is 408 g/mol. The van der Waals surface area contributed by atoms with Crippen LogP contribution in [0.4, 0.5) is 5.69 Å². The Labute approximate surface area is 136 Å². The number of rotatable bonds is 4. The number of nitrogens with two attached hydrogens (primary N) is 1. The predicted octanol–water partition coefficient (Wildman–Crippen LogP) is 3.65. The summed E-state index contributed by atoms with van der Waals surface area (Å²) >= 11 is 6.56. The van der Waals surface area contributed by atoms with Crippen LogP contribution in [0.5, 0.6) is 0 Å². The standard InChI is InChI=1S/C13H18Br2N2O2S/c1-13(4-2-3-5-13)8-17-20(18,19)12-10(15)6-9(14)7-11(12)16/h6-7,17H,2-5,8,16H2,1H3. The lowest BCUT2D eigenvalue weighted by molar-refractivity contribution is 0.336. The summed E-state index contributed by atoms with van der Waals surface area (Å²) in [6.45, 7) is 2.58. The molecule has 3 N–H and O–H groups in total. The molecule has 1 aromatic carbocycles. The van der Waals surface area contributed by atoms with Gasteiger partial charge in [-0.25, -0.2) is 13.1 Å². The van der Waals surface area contributed by atoms with Crippen LogP contribution in [0.25, 0.3) is 0 Å². The molecule has 1 fully saturated rings. The number of anilines is 1. The maximum absolute atomic E-state index is 12.4. The van der Waals surface area contributed by atoms with Gasteiger partial charge in [-0.05, 0) is 46.3 Å². The maximum atomic E-state index is 12.4. The van der Waals surface area contributed by atoms with Crippen molar-refractivity contribution < 1.29 is 8.42 Å². The third kappa shape index (κ3) is 3.55. The van der Waals surface area contributed by atoms with Gasteiger partial charge in [-0.1, -0.05) is 35.7 Å². The Balaban J connectivity index is 2.23. The van der Waals surface area contributed by atoms with E-state index in [0.29, 0.717) is 11.0 Å². The molecule has 4 nitrogen and oxygen atoms in total. The fourth-order valence-corrected chi connectivity index (χ4v) is 5.88. The van der Waals surface area contributed by atoms with Crippen LogP contribution in [0.1, 0.15) is 32.6 Å². The van der Waals surface area contributed by atoms with E-state index in [0.717, 1.165) is 17.3 Å². The molecular formula is C13H18Br2N2O2S. The van der Waals surface area contributed by atoms with Crippen LogP contribution < -0.4 is 10.5 Å². The van der Waals surface area contributed by atoms with E-state index in [-0.39, 0.29) is 16.0 Å². The topological polar surface area (TPSA) is 72.2 Å². The Hall–Kier alpha value is -0.110. The zero-order valence-electron chi connectivity index (χ0n) is 11.2. The van der Waals surface area contributed by atoms with Crippen molar-refractivity contribution in [2.45, 2.75) is 37.5 Å². The fourth-order valence-electron chi connectivity index (χ4n) is 2.61. The lowest BCUT2D eigenvalue weighted by Crippen LogP contribution is -2.34. The van der Waals surface area contributed by atoms with Crippen LogP contribution in [0.2, 0.25) is 0 Å². The minimum absolute atomic E-state index is 0.0592. The molecule has 0 aromatic heterocycles. The summed E-state index contributed by atoms with van der Waals surface area (Å²) in [4.78, 5) is 0.113. The highest BCUT2D eigenvalue weighted by molar-refractivity contribution is 9.11. The van der Waals surface area contributed by atoms with Gasteiger partial charge in [0.2, 0.25) is 10.0 Å². The summed E-state index contributed by atoms with van der Waals surface area (Å²) in [6, 6.07) is 3.28. The molecule has 0 amide bonds. The third-order valence-electron chi connectivity index (χ3n) is 3.81. The van der Waals surface area contributed by atoms with Crippen molar-refractivity contribution in [1.29, 1.82) is 0 Å². The number of hydrogen-bond donors (Lipinski definition) is 2. The van der Waals surface area contributed by atoms with E-state index in [1.165, 1.54) is 12.8 Å². The molecule has 7 heteroatoms. The monoisotopic (exact) mass is 424 g/mol. The molecule has 0 bridgehead atoms. The van der Waals surface area contributed by atoms with Gasteiger partial charge >= 0.3 is 0 Å². The first kappa shape index (κ1) is 16.3. The SMILES string of the molecule is CC1(CNS(=O)(=O)c2c(N)cc(Br)cc2Br)CCCC1. The second-order valence-corrected chi connectivity index (χ2v) is 9.12. The van der Waals surface area contributed by atoms with Crippen molar-refractivity contribution in [3.8, 4) is 0 Å². The number of nitrogens with one attached hydrogen (secondary N) is 1. The highest BCUT2D eigenvalue weighted by Crippen LogP contribution is 2.37. The van der Waals surface area contributed by atoms with E-state index < -0.39 is 10.0 Å². The van der Waals surface area contributed by atoms with Gasteiger partial charge in [0.15, 0.2) is 0 Å². The summed E-state index contributed by atoms with van der Waals surface area (Å²) in [6.07, 6.45) is 4.46. The molecule has 1 aromatic rings. The Kier molecular flexibility index (Phi) is 4.83. The summed E-state index contributed by atoms with van der Waals surface area (Å²) < 4.78 is 28.8. The Morgan fingerprint density at radius 1 is 1.30 bits per heavy atom. The van der Waals surface area contributed by atoms with Crippen LogP contribution in [-0.4, -0.2) is 15.0 Å². The fraction of sp³-hybridized carbons (Fsp3) is 0.538. The van der Waals surface area contributed by atoms with Gasteiger partial charge < -0.3 is 5.73 Å². The summed E-state index contributed by atoms with van der Waals surface area (Å²) in [5.74, 6) is 0. The summed E-state index contributed by atoms with van der Waals surface area (Å²) in [5.41, 5.74) is 6.14. The number of hydrogen-bond acceptors (Lipinski definition) is 3. The quantitative estimate of drug-likeness (QED) is 0.723. The minimum Gasteiger partial charge on any atom is -0.398 e. The minimum atomic E-state index is -3.61. The van der Waals surface area contributed by atoms with Crippen LogP contribution in [-0.2, 0) is 10.0 Å². The maximum Gasteiger partial charge on any atom is 0.243 e. The van der Waals surface area contributed by atoms with Gasteiger partial charge in [-0.15, -0.1) is 0 Å². The third-order valence-corrected chi connectivity index (χ3v) is 6.67. The van der Waals surface area contributed by atoms with E-state index in [9.17, 15) is 8.42 Å². The Morgan fingerprint density at radius 3 is 2.45 bits per heavy atom. The van der Waals surface area contributed by atoms with Gasteiger partial charge in [-0.3, -0.25) is 0 Å². The molecule has 0 atom stereocenters. The second kappa shape index (κ2) is 5.94. The highest BCUT2D eigenvalue weighted by Gasteiger charge is 2.31. The first-order valence-corrected chi connectivity index (χ1v) is 9.55. The van der Waals surface area contributed by atoms with Crippen molar-refractivity contribution in [3.05, 3.63) is 21.1 Å². The van der Waals surface area contributed by atoms with Crippen molar-refractivity contribution in [1.82, 2.24) is 4.72 Å². The van der Waals surface area contributed by atoms with Crippen LogP contribution in [0, 0.1) is 5.41 Å².